The molecule has 0 atom stereocenters. The number of hydrogen-bond acceptors (Lipinski definition) is 4. The van der Waals surface area contributed by atoms with Gasteiger partial charge in [-0.1, -0.05) is 23.7 Å². The van der Waals surface area contributed by atoms with Crippen LogP contribution in [0.25, 0.3) is 10.6 Å². The summed E-state index contributed by atoms with van der Waals surface area (Å²) < 4.78 is 0. The second kappa shape index (κ2) is 8.60. The third kappa shape index (κ3) is 5.03. The summed E-state index contributed by atoms with van der Waals surface area (Å²) in [5.41, 5.74) is 1.43. The van der Waals surface area contributed by atoms with Crippen LogP contribution in [0.4, 0.5) is 0 Å². The summed E-state index contributed by atoms with van der Waals surface area (Å²) in [5.74, 6) is -0.126. The Hall–Kier alpha value is -1.43. The SMILES string of the molecule is CC(C)N(CCNC(=O)c1csc(-c2ccc(Cl)cc2)n1)C(C)C. The van der Waals surface area contributed by atoms with Crippen molar-refractivity contribution in [1.29, 1.82) is 0 Å². The molecular weight excluding hydrogens is 342 g/mol. The summed E-state index contributed by atoms with van der Waals surface area (Å²) in [7, 11) is 0. The second-order valence-electron chi connectivity index (χ2n) is 6.23. The molecule has 24 heavy (non-hydrogen) atoms. The quantitative estimate of drug-likeness (QED) is 0.795. The van der Waals surface area contributed by atoms with Crippen molar-refractivity contribution in [2.45, 2.75) is 39.8 Å². The Labute approximate surface area is 152 Å². The van der Waals surface area contributed by atoms with Gasteiger partial charge in [0.1, 0.15) is 10.7 Å². The molecule has 1 aromatic heterocycles. The number of rotatable bonds is 7. The van der Waals surface area contributed by atoms with Crippen molar-refractivity contribution >= 4 is 28.8 Å². The lowest BCUT2D eigenvalue weighted by atomic mass is 10.2. The van der Waals surface area contributed by atoms with Crippen molar-refractivity contribution in [3.8, 4) is 10.6 Å². The maximum absolute atomic E-state index is 12.3. The maximum atomic E-state index is 12.3. The molecule has 0 spiro atoms. The first-order chi connectivity index (χ1) is 11.4. The molecular formula is C18H24ClN3OS. The van der Waals surface area contributed by atoms with E-state index in [0.717, 1.165) is 17.1 Å². The number of amides is 1. The van der Waals surface area contributed by atoms with E-state index >= 15 is 0 Å². The number of benzene rings is 1. The van der Waals surface area contributed by atoms with Crippen LogP contribution < -0.4 is 5.32 Å². The minimum absolute atomic E-state index is 0.126. The first kappa shape index (κ1) is 18.9. The van der Waals surface area contributed by atoms with Gasteiger partial charge in [-0.05, 0) is 39.8 Å². The third-order valence-corrected chi connectivity index (χ3v) is 4.95. The van der Waals surface area contributed by atoms with Crippen LogP contribution in [0.15, 0.2) is 29.6 Å². The van der Waals surface area contributed by atoms with Gasteiger partial charge in [0.2, 0.25) is 0 Å². The Bertz CT molecular complexity index is 659. The van der Waals surface area contributed by atoms with Gasteiger partial charge < -0.3 is 5.32 Å². The first-order valence-corrected chi connectivity index (χ1v) is 9.39. The fraction of sp³-hybridized carbons (Fsp3) is 0.444. The second-order valence-corrected chi connectivity index (χ2v) is 7.52. The van der Waals surface area contributed by atoms with Gasteiger partial charge in [0.25, 0.3) is 5.91 Å². The summed E-state index contributed by atoms with van der Waals surface area (Å²) in [5, 5.41) is 6.26. The molecule has 0 aliphatic heterocycles. The van der Waals surface area contributed by atoms with E-state index in [4.69, 9.17) is 11.6 Å². The van der Waals surface area contributed by atoms with Crippen LogP contribution in [0.5, 0.6) is 0 Å². The molecule has 2 aromatic rings. The summed E-state index contributed by atoms with van der Waals surface area (Å²) in [6.07, 6.45) is 0. The average molecular weight is 366 g/mol. The largest absolute Gasteiger partial charge is 0.349 e. The zero-order valence-corrected chi connectivity index (χ0v) is 16.1. The van der Waals surface area contributed by atoms with Crippen molar-refractivity contribution in [3.63, 3.8) is 0 Å². The van der Waals surface area contributed by atoms with Crippen LogP contribution in [0.3, 0.4) is 0 Å². The van der Waals surface area contributed by atoms with Gasteiger partial charge in [-0.15, -0.1) is 11.3 Å². The molecule has 6 heteroatoms. The molecule has 4 nitrogen and oxygen atoms in total. The number of nitrogens with zero attached hydrogens (tertiary/aromatic N) is 2. The molecule has 1 heterocycles. The third-order valence-electron chi connectivity index (χ3n) is 3.81. The fourth-order valence-electron chi connectivity index (χ4n) is 2.60. The van der Waals surface area contributed by atoms with Crippen molar-refractivity contribution < 1.29 is 4.79 Å². The highest BCUT2D eigenvalue weighted by Crippen LogP contribution is 2.25. The average Bonchev–Trinajstić information content (AvgIpc) is 3.01. The van der Waals surface area contributed by atoms with Crippen LogP contribution >= 0.6 is 22.9 Å². The Kier molecular flexibility index (Phi) is 6.78. The molecule has 0 radical (unpaired) electrons. The van der Waals surface area contributed by atoms with Gasteiger partial charge in [-0.2, -0.15) is 0 Å². The lowest BCUT2D eigenvalue weighted by molar-refractivity contribution is 0.0935. The minimum Gasteiger partial charge on any atom is -0.349 e. The van der Waals surface area contributed by atoms with Crippen molar-refractivity contribution in [1.82, 2.24) is 15.2 Å². The van der Waals surface area contributed by atoms with Crippen molar-refractivity contribution in [3.05, 3.63) is 40.4 Å². The monoisotopic (exact) mass is 365 g/mol. The zero-order chi connectivity index (χ0) is 17.7. The van der Waals surface area contributed by atoms with Crippen LogP contribution in [0.2, 0.25) is 5.02 Å². The highest BCUT2D eigenvalue weighted by Gasteiger charge is 2.15. The van der Waals surface area contributed by atoms with Crippen molar-refractivity contribution in [2.75, 3.05) is 13.1 Å². The number of aromatic nitrogens is 1. The fourth-order valence-corrected chi connectivity index (χ4v) is 3.54. The van der Waals surface area contributed by atoms with E-state index in [9.17, 15) is 4.79 Å². The Balaban J connectivity index is 1.93. The summed E-state index contributed by atoms with van der Waals surface area (Å²) >= 11 is 7.36. The number of thiazole rings is 1. The molecule has 1 amide bonds. The highest BCUT2D eigenvalue weighted by atomic mass is 35.5. The van der Waals surface area contributed by atoms with Crippen LogP contribution in [0, 0.1) is 0 Å². The van der Waals surface area contributed by atoms with Crippen LogP contribution in [0.1, 0.15) is 38.2 Å². The smallest absolute Gasteiger partial charge is 0.270 e. The lowest BCUT2D eigenvalue weighted by Gasteiger charge is -2.30. The molecule has 0 fully saturated rings. The molecule has 1 N–H and O–H groups in total. The number of carbonyl (C=O) groups excluding carboxylic acids is 1. The highest BCUT2D eigenvalue weighted by molar-refractivity contribution is 7.13. The maximum Gasteiger partial charge on any atom is 0.270 e. The van der Waals surface area contributed by atoms with Gasteiger partial charge in [-0.25, -0.2) is 4.98 Å². The molecule has 0 bridgehead atoms. The summed E-state index contributed by atoms with van der Waals surface area (Å²) in [6, 6.07) is 8.38. The molecule has 0 aliphatic rings. The minimum atomic E-state index is -0.126. The molecule has 2 rings (SSSR count). The zero-order valence-electron chi connectivity index (χ0n) is 14.5. The van der Waals surface area contributed by atoms with Crippen LogP contribution in [-0.2, 0) is 0 Å². The van der Waals surface area contributed by atoms with Crippen molar-refractivity contribution in [2.24, 2.45) is 0 Å². The van der Waals surface area contributed by atoms with E-state index in [1.54, 1.807) is 5.38 Å². The normalized spacial score (nSPS) is 11.5. The Morgan fingerprint density at radius 1 is 1.21 bits per heavy atom. The molecule has 0 unspecified atom stereocenters. The molecule has 0 saturated carbocycles. The Morgan fingerprint density at radius 2 is 1.83 bits per heavy atom. The standard InChI is InChI=1S/C18H24ClN3OS/c1-12(2)22(13(3)4)10-9-20-17(23)16-11-24-18(21-16)14-5-7-15(19)8-6-14/h5-8,11-13H,9-10H2,1-4H3,(H,20,23). The lowest BCUT2D eigenvalue weighted by Crippen LogP contribution is -2.42. The number of nitrogens with one attached hydrogen (secondary N) is 1. The summed E-state index contributed by atoms with van der Waals surface area (Å²) in [6.45, 7) is 10.1. The number of halogens is 1. The van der Waals surface area contributed by atoms with Gasteiger partial charge in [-0.3, -0.25) is 9.69 Å². The predicted octanol–water partition coefficient (Wildman–Crippen LogP) is 4.31. The number of carbonyl (C=O) groups is 1. The van der Waals surface area contributed by atoms with E-state index in [2.05, 4.69) is 42.9 Å². The molecule has 130 valence electrons. The first-order valence-electron chi connectivity index (χ1n) is 8.14. The molecule has 1 aromatic carbocycles. The van der Waals surface area contributed by atoms with Gasteiger partial charge in [0, 0.05) is 41.1 Å². The van der Waals surface area contributed by atoms with Crippen LogP contribution in [-0.4, -0.2) is 41.0 Å². The Morgan fingerprint density at radius 3 is 2.42 bits per heavy atom. The van der Waals surface area contributed by atoms with Gasteiger partial charge in [0.15, 0.2) is 0 Å². The topological polar surface area (TPSA) is 45.2 Å². The van der Waals surface area contributed by atoms with E-state index in [1.807, 2.05) is 24.3 Å². The summed E-state index contributed by atoms with van der Waals surface area (Å²) in [4.78, 5) is 19.0. The van der Waals surface area contributed by atoms with E-state index in [-0.39, 0.29) is 5.91 Å². The van der Waals surface area contributed by atoms with Gasteiger partial charge >= 0.3 is 0 Å². The predicted molar refractivity (Wildman–Crippen MR) is 102 cm³/mol. The van der Waals surface area contributed by atoms with E-state index in [1.165, 1.54) is 11.3 Å². The van der Waals surface area contributed by atoms with E-state index in [0.29, 0.717) is 29.3 Å². The molecule has 0 aliphatic carbocycles. The van der Waals surface area contributed by atoms with Gasteiger partial charge in [0.05, 0.1) is 0 Å². The number of hydrogen-bond donors (Lipinski definition) is 1. The molecule has 0 saturated heterocycles. The van der Waals surface area contributed by atoms with E-state index < -0.39 is 0 Å².